The summed E-state index contributed by atoms with van der Waals surface area (Å²) >= 11 is 0. The van der Waals surface area contributed by atoms with Crippen LogP contribution in [0.15, 0.2) is 24.3 Å². The van der Waals surface area contributed by atoms with E-state index in [1.165, 1.54) is 24.1 Å². The fraction of sp³-hybridized carbons (Fsp3) is 0.467. The van der Waals surface area contributed by atoms with E-state index in [2.05, 4.69) is 5.32 Å². The first-order chi connectivity index (χ1) is 9.96. The lowest BCUT2D eigenvalue weighted by atomic mass is 10.0. The third-order valence-corrected chi connectivity index (χ3v) is 3.51. The average molecular weight is 294 g/mol. The van der Waals surface area contributed by atoms with Gasteiger partial charge in [-0.2, -0.15) is 0 Å². The lowest BCUT2D eigenvalue weighted by molar-refractivity contribution is -0.132. The van der Waals surface area contributed by atoms with Crippen LogP contribution in [0.4, 0.5) is 9.18 Å². The molecule has 0 radical (unpaired) electrons. The number of urea groups is 1. The van der Waals surface area contributed by atoms with Gasteiger partial charge >= 0.3 is 6.03 Å². The topological polar surface area (TPSA) is 58.6 Å². The molecule has 0 saturated carbocycles. The molecule has 1 aliphatic heterocycles. The first-order valence-corrected chi connectivity index (χ1v) is 6.84. The first-order valence-electron chi connectivity index (χ1n) is 6.84. The van der Waals surface area contributed by atoms with Crippen LogP contribution in [0.1, 0.15) is 18.9 Å². The van der Waals surface area contributed by atoms with E-state index in [0.717, 1.165) is 5.56 Å². The number of carbonyl (C=O) groups is 2. The maximum Gasteiger partial charge on any atom is 0.325 e. The zero-order valence-corrected chi connectivity index (χ0v) is 12.2. The molecule has 21 heavy (non-hydrogen) atoms. The highest BCUT2D eigenvalue weighted by Crippen LogP contribution is 2.18. The normalized spacial score (nSPS) is 21.8. The molecule has 1 saturated heterocycles. The monoisotopic (exact) mass is 294 g/mol. The van der Waals surface area contributed by atoms with Gasteiger partial charge in [0.05, 0.1) is 6.61 Å². The molecule has 1 atom stereocenters. The van der Waals surface area contributed by atoms with E-state index in [4.69, 9.17) is 4.74 Å². The molecule has 1 aromatic rings. The van der Waals surface area contributed by atoms with E-state index in [1.807, 2.05) is 6.07 Å². The van der Waals surface area contributed by atoms with Gasteiger partial charge in [-0.1, -0.05) is 12.1 Å². The number of nitrogens with zero attached hydrogens (tertiary/aromatic N) is 1. The van der Waals surface area contributed by atoms with Crippen LogP contribution in [-0.4, -0.2) is 42.6 Å². The molecule has 0 spiro atoms. The Hall–Kier alpha value is -1.95. The zero-order chi connectivity index (χ0) is 15.5. The van der Waals surface area contributed by atoms with Crippen molar-refractivity contribution in [2.24, 2.45) is 0 Å². The van der Waals surface area contributed by atoms with Crippen LogP contribution in [0.2, 0.25) is 0 Å². The number of carbonyl (C=O) groups excluding carboxylic acids is 2. The fourth-order valence-electron chi connectivity index (χ4n) is 2.47. The van der Waals surface area contributed by atoms with Crippen LogP contribution in [0.25, 0.3) is 0 Å². The van der Waals surface area contributed by atoms with Crippen LogP contribution in [0.3, 0.4) is 0 Å². The Morgan fingerprint density at radius 3 is 2.81 bits per heavy atom. The second-order valence-corrected chi connectivity index (χ2v) is 5.39. The van der Waals surface area contributed by atoms with E-state index in [1.54, 1.807) is 13.0 Å². The van der Waals surface area contributed by atoms with Crippen LogP contribution >= 0.6 is 0 Å². The van der Waals surface area contributed by atoms with E-state index in [-0.39, 0.29) is 18.3 Å². The number of aryl methyl sites for hydroxylation is 1. The SMILES string of the molecule is COCC1(C)NC(=O)N(CCCc2cccc(F)c2)C1=O. The van der Waals surface area contributed by atoms with Gasteiger partial charge in [0, 0.05) is 13.7 Å². The molecule has 0 aromatic heterocycles. The van der Waals surface area contributed by atoms with Crippen molar-refractivity contribution in [2.45, 2.75) is 25.3 Å². The summed E-state index contributed by atoms with van der Waals surface area (Å²) in [6, 6.07) is 5.91. The molecule has 2 rings (SSSR count). The Labute approximate surface area is 123 Å². The molecule has 3 amide bonds. The molecular weight excluding hydrogens is 275 g/mol. The molecule has 5 nitrogen and oxygen atoms in total. The molecule has 1 N–H and O–H groups in total. The molecule has 1 unspecified atom stereocenters. The van der Waals surface area contributed by atoms with Gasteiger partial charge in [-0.05, 0) is 37.5 Å². The van der Waals surface area contributed by atoms with Gasteiger partial charge in [-0.3, -0.25) is 9.69 Å². The Balaban J connectivity index is 1.91. The molecule has 0 bridgehead atoms. The zero-order valence-electron chi connectivity index (χ0n) is 12.2. The molecule has 1 aliphatic rings. The Bertz CT molecular complexity index is 549. The minimum Gasteiger partial charge on any atom is -0.382 e. The highest BCUT2D eigenvalue weighted by molar-refractivity contribution is 6.06. The number of amides is 3. The molecule has 114 valence electrons. The van der Waals surface area contributed by atoms with Crippen LogP contribution in [0, 0.1) is 5.82 Å². The van der Waals surface area contributed by atoms with Crippen molar-refractivity contribution in [3.05, 3.63) is 35.6 Å². The van der Waals surface area contributed by atoms with Crippen molar-refractivity contribution in [1.29, 1.82) is 0 Å². The maximum atomic E-state index is 13.1. The number of methoxy groups -OCH3 is 1. The van der Waals surface area contributed by atoms with Crippen molar-refractivity contribution in [3.63, 3.8) is 0 Å². The van der Waals surface area contributed by atoms with E-state index in [9.17, 15) is 14.0 Å². The number of hydrogen-bond donors (Lipinski definition) is 1. The van der Waals surface area contributed by atoms with Crippen LogP contribution in [-0.2, 0) is 16.0 Å². The summed E-state index contributed by atoms with van der Waals surface area (Å²) in [6.45, 7) is 2.09. The summed E-state index contributed by atoms with van der Waals surface area (Å²) in [5.74, 6) is -0.566. The summed E-state index contributed by atoms with van der Waals surface area (Å²) in [6.07, 6.45) is 1.20. The van der Waals surface area contributed by atoms with Gasteiger partial charge < -0.3 is 10.1 Å². The Kier molecular flexibility index (Phi) is 4.57. The van der Waals surface area contributed by atoms with Crippen molar-refractivity contribution in [2.75, 3.05) is 20.3 Å². The highest BCUT2D eigenvalue weighted by atomic mass is 19.1. The van der Waals surface area contributed by atoms with Crippen molar-refractivity contribution in [3.8, 4) is 0 Å². The number of halogens is 1. The van der Waals surface area contributed by atoms with Gasteiger partial charge in [0.15, 0.2) is 0 Å². The molecule has 6 heteroatoms. The summed E-state index contributed by atoms with van der Waals surface area (Å²) in [5.41, 5.74) is -0.147. The van der Waals surface area contributed by atoms with Gasteiger partial charge in [0.25, 0.3) is 5.91 Å². The Morgan fingerprint density at radius 1 is 1.38 bits per heavy atom. The van der Waals surface area contributed by atoms with Crippen molar-refractivity contribution >= 4 is 11.9 Å². The average Bonchev–Trinajstić information content (AvgIpc) is 2.62. The Morgan fingerprint density at radius 2 is 2.14 bits per heavy atom. The van der Waals surface area contributed by atoms with E-state index in [0.29, 0.717) is 19.4 Å². The number of nitrogens with one attached hydrogen (secondary N) is 1. The quantitative estimate of drug-likeness (QED) is 0.813. The van der Waals surface area contributed by atoms with Gasteiger partial charge in [0.2, 0.25) is 0 Å². The van der Waals surface area contributed by atoms with Crippen LogP contribution < -0.4 is 5.32 Å². The molecular formula is C15H19FN2O3. The minimum absolute atomic E-state index is 0.137. The number of rotatable bonds is 6. The lowest BCUT2D eigenvalue weighted by Crippen LogP contribution is -2.47. The number of benzene rings is 1. The van der Waals surface area contributed by atoms with Crippen molar-refractivity contribution < 1.29 is 18.7 Å². The van der Waals surface area contributed by atoms with Gasteiger partial charge in [0.1, 0.15) is 11.4 Å². The predicted molar refractivity (Wildman–Crippen MR) is 75.2 cm³/mol. The second-order valence-electron chi connectivity index (χ2n) is 5.39. The molecule has 1 fully saturated rings. The third-order valence-electron chi connectivity index (χ3n) is 3.51. The largest absolute Gasteiger partial charge is 0.382 e. The molecule has 1 aromatic carbocycles. The second kappa shape index (κ2) is 6.22. The van der Waals surface area contributed by atoms with Crippen molar-refractivity contribution in [1.82, 2.24) is 10.2 Å². The summed E-state index contributed by atoms with van der Waals surface area (Å²) in [4.78, 5) is 25.3. The van der Waals surface area contributed by atoms with E-state index >= 15 is 0 Å². The summed E-state index contributed by atoms with van der Waals surface area (Å²) in [7, 11) is 1.48. The standard InChI is InChI=1S/C15H19FN2O3/c1-15(10-21-2)13(19)18(14(20)17-15)8-4-6-11-5-3-7-12(16)9-11/h3,5,7,9H,4,6,8,10H2,1-2H3,(H,17,20). The lowest BCUT2D eigenvalue weighted by Gasteiger charge is -2.20. The highest BCUT2D eigenvalue weighted by Gasteiger charge is 2.47. The number of ether oxygens (including phenoxy) is 1. The third kappa shape index (κ3) is 3.39. The maximum absolute atomic E-state index is 13.1. The smallest absolute Gasteiger partial charge is 0.325 e. The minimum atomic E-state index is -0.995. The molecule has 1 heterocycles. The number of hydrogen-bond acceptors (Lipinski definition) is 3. The predicted octanol–water partition coefficient (Wildman–Crippen LogP) is 1.72. The summed E-state index contributed by atoms with van der Waals surface area (Å²) < 4.78 is 18.0. The van der Waals surface area contributed by atoms with Gasteiger partial charge in [-0.25, -0.2) is 9.18 Å². The summed E-state index contributed by atoms with van der Waals surface area (Å²) in [5, 5.41) is 2.64. The fourth-order valence-corrected chi connectivity index (χ4v) is 2.47. The molecule has 0 aliphatic carbocycles. The van der Waals surface area contributed by atoms with Gasteiger partial charge in [-0.15, -0.1) is 0 Å². The number of imide groups is 1. The van der Waals surface area contributed by atoms with E-state index < -0.39 is 11.6 Å². The van der Waals surface area contributed by atoms with Crippen LogP contribution in [0.5, 0.6) is 0 Å². The first kappa shape index (κ1) is 15.4.